The highest BCUT2D eigenvalue weighted by atomic mass is 32.1. The number of nitrogens with two attached hydrogens (primary N) is 1. The van der Waals surface area contributed by atoms with Gasteiger partial charge < -0.3 is 10.6 Å². The molecule has 1 heterocycles. The minimum Gasteiger partial charge on any atom is -0.325 e. The molecule has 2 N–H and O–H groups in total. The molecular formula is C14H24N2S. The van der Waals surface area contributed by atoms with E-state index in [0.29, 0.717) is 0 Å². The molecule has 1 aliphatic carbocycles. The molecule has 2 rings (SSSR count). The summed E-state index contributed by atoms with van der Waals surface area (Å²) in [7, 11) is 2.21. The molecule has 0 unspecified atom stereocenters. The summed E-state index contributed by atoms with van der Waals surface area (Å²) in [6, 6.07) is 4.35. The number of rotatable bonds is 6. The van der Waals surface area contributed by atoms with Gasteiger partial charge in [0.1, 0.15) is 0 Å². The standard InChI is InChI=1S/C14H24N2S/c1-16(10-6-13-5-4-12-17-13)11-9-14(15)7-2-3-8-14/h4-5,12H,2-3,6-11,15H2,1H3. The third-order valence-electron chi connectivity index (χ3n) is 3.91. The largest absolute Gasteiger partial charge is 0.325 e. The number of hydrogen-bond acceptors (Lipinski definition) is 3. The molecule has 0 saturated heterocycles. The molecule has 96 valence electrons. The van der Waals surface area contributed by atoms with Crippen LogP contribution in [0.2, 0.25) is 0 Å². The van der Waals surface area contributed by atoms with Gasteiger partial charge in [-0.3, -0.25) is 0 Å². The molecule has 3 heteroatoms. The number of thiophene rings is 1. The Labute approximate surface area is 109 Å². The van der Waals surface area contributed by atoms with E-state index >= 15 is 0 Å². The lowest BCUT2D eigenvalue weighted by Gasteiger charge is -2.26. The van der Waals surface area contributed by atoms with Crippen molar-refractivity contribution in [3.63, 3.8) is 0 Å². The molecule has 2 nitrogen and oxygen atoms in total. The van der Waals surface area contributed by atoms with Crippen molar-refractivity contribution >= 4 is 11.3 Å². The summed E-state index contributed by atoms with van der Waals surface area (Å²) in [6.45, 7) is 2.29. The summed E-state index contributed by atoms with van der Waals surface area (Å²) in [6.07, 6.45) is 7.45. The van der Waals surface area contributed by atoms with Gasteiger partial charge in [0.2, 0.25) is 0 Å². The van der Waals surface area contributed by atoms with E-state index in [2.05, 4.69) is 29.5 Å². The third kappa shape index (κ3) is 4.09. The van der Waals surface area contributed by atoms with Crippen LogP contribution in [0.3, 0.4) is 0 Å². The lowest BCUT2D eigenvalue weighted by molar-refractivity contribution is 0.282. The summed E-state index contributed by atoms with van der Waals surface area (Å²) in [4.78, 5) is 3.91. The predicted octanol–water partition coefficient (Wildman–Crippen LogP) is 2.88. The van der Waals surface area contributed by atoms with Crippen LogP contribution in [0.25, 0.3) is 0 Å². The minimum absolute atomic E-state index is 0.150. The molecular weight excluding hydrogens is 228 g/mol. The quantitative estimate of drug-likeness (QED) is 0.843. The van der Waals surface area contributed by atoms with Gasteiger partial charge in [0.05, 0.1) is 0 Å². The van der Waals surface area contributed by atoms with E-state index in [1.54, 1.807) is 0 Å². The van der Waals surface area contributed by atoms with Crippen LogP contribution in [0.4, 0.5) is 0 Å². The predicted molar refractivity (Wildman–Crippen MR) is 75.5 cm³/mol. The van der Waals surface area contributed by atoms with Gasteiger partial charge in [-0.15, -0.1) is 11.3 Å². The summed E-state index contributed by atoms with van der Waals surface area (Å²) in [5.41, 5.74) is 6.52. The van der Waals surface area contributed by atoms with Crippen LogP contribution in [0, 0.1) is 0 Å². The summed E-state index contributed by atoms with van der Waals surface area (Å²) in [5.74, 6) is 0. The van der Waals surface area contributed by atoms with Crippen LogP contribution in [0.1, 0.15) is 37.0 Å². The Kier molecular flexibility index (Phi) is 4.60. The van der Waals surface area contributed by atoms with E-state index in [-0.39, 0.29) is 5.54 Å². The zero-order valence-electron chi connectivity index (χ0n) is 10.8. The van der Waals surface area contributed by atoms with Crippen LogP contribution < -0.4 is 5.73 Å². The molecule has 1 saturated carbocycles. The van der Waals surface area contributed by atoms with Crippen molar-refractivity contribution < 1.29 is 0 Å². The smallest absolute Gasteiger partial charge is 0.0166 e. The average Bonchev–Trinajstić information content (AvgIpc) is 2.95. The fourth-order valence-corrected chi connectivity index (χ4v) is 3.31. The van der Waals surface area contributed by atoms with Gasteiger partial charge in [-0.25, -0.2) is 0 Å². The van der Waals surface area contributed by atoms with Gasteiger partial charge in [0.15, 0.2) is 0 Å². The second-order valence-corrected chi connectivity index (χ2v) is 6.48. The average molecular weight is 252 g/mol. The topological polar surface area (TPSA) is 29.3 Å². The first-order valence-corrected chi connectivity index (χ1v) is 7.56. The van der Waals surface area contributed by atoms with Crippen molar-refractivity contribution in [2.45, 2.75) is 44.1 Å². The molecule has 1 aromatic rings. The van der Waals surface area contributed by atoms with Gasteiger partial charge in [0, 0.05) is 17.0 Å². The number of nitrogens with zero attached hydrogens (tertiary/aromatic N) is 1. The summed E-state index contributed by atoms with van der Waals surface area (Å²) >= 11 is 1.86. The number of hydrogen-bond donors (Lipinski definition) is 1. The minimum atomic E-state index is 0.150. The van der Waals surface area contributed by atoms with E-state index in [9.17, 15) is 0 Å². The normalized spacial score (nSPS) is 19.0. The Balaban J connectivity index is 1.65. The van der Waals surface area contributed by atoms with Crippen molar-refractivity contribution in [2.75, 3.05) is 20.1 Å². The zero-order chi connectivity index (χ0) is 12.1. The van der Waals surface area contributed by atoms with Crippen molar-refractivity contribution in [3.8, 4) is 0 Å². The van der Waals surface area contributed by atoms with Crippen molar-refractivity contribution in [2.24, 2.45) is 5.73 Å². The SMILES string of the molecule is CN(CCc1cccs1)CCC1(N)CCCC1. The molecule has 0 radical (unpaired) electrons. The number of likely N-dealkylation sites (N-methyl/N-ethyl adjacent to an activating group) is 1. The monoisotopic (exact) mass is 252 g/mol. The molecule has 0 spiro atoms. The Hall–Kier alpha value is -0.380. The van der Waals surface area contributed by atoms with E-state index in [4.69, 9.17) is 5.73 Å². The van der Waals surface area contributed by atoms with Crippen LogP contribution >= 0.6 is 11.3 Å². The van der Waals surface area contributed by atoms with Gasteiger partial charge >= 0.3 is 0 Å². The van der Waals surface area contributed by atoms with Crippen LogP contribution in [0.15, 0.2) is 17.5 Å². The highest BCUT2D eigenvalue weighted by Gasteiger charge is 2.28. The molecule has 0 amide bonds. The highest BCUT2D eigenvalue weighted by molar-refractivity contribution is 7.09. The lowest BCUT2D eigenvalue weighted by atomic mass is 9.94. The summed E-state index contributed by atoms with van der Waals surface area (Å²) in [5, 5.41) is 2.16. The second kappa shape index (κ2) is 5.98. The maximum absolute atomic E-state index is 6.37. The Morgan fingerprint density at radius 2 is 2.12 bits per heavy atom. The van der Waals surface area contributed by atoms with Crippen molar-refractivity contribution in [1.82, 2.24) is 4.90 Å². The fourth-order valence-electron chi connectivity index (χ4n) is 2.61. The molecule has 0 aliphatic heterocycles. The second-order valence-electron chi connectivity index (χ2n) is 5.45. The lowest BCUT2D eigenvalue weighted by Crippen LogP contribution is -2.40. The van der Waals surface area contributed by atoms with E-state index in [0.717, 1.165) is 19.5 Å². The first-order valence-electron chi connectivity index (χ1n) is 6.68. The summed E-state index contributed by atoms with van der Waals surface area (Å²) < 4.78 is 0. The fraction of sp³-hybridized carbons (Fsp3) is 0.714. The molecule has 1 aliphatic rings. The molecule has 17 heavy (non-hydrogen) atoms. The highest BCUT2D eigenvalue weighted by Crippen LogP contribution is 2.29. The van der Waals surface area contributed by atoms with Gasteiger partial charge in [-0.05, 0) is 50.7 Å². The molecule has 1 aromatic heterocycles. The van der Waals surface area contributed by atoms with Gasteiger partial charge in [-0.2, -0.15) is 0 Å². The van der Waals surface area contributed by atoms with Gasteiger partial charge in [0.25, 0.3) is 0 Å². The molecule has 0 atom stereocenters. The van der Waals surface area contributed by atoms with E-state index in [1.165, 1.54) is 37.0 Å². The Morgan fingerprint density at radius 1 is 1.35 bits per heavy atom. The first-order chi connectivity index (χ1) is 8.18. The molecule has 0 bridgehead atoms. The third-order valence-corrected chi connectivity index (χ3v) is 4.85. The molecule has 0 aromatic carbocycles. The van der Waals surface area contributed by atoms with Crippen LogP contribution in [0.5, 0.6) is 0 Å². The molecule has 1 fully saturated rings. The van der Waals surface area contributed by atoms with Gasteiger partial charge in [-0.1, -0.05) is 18.9 Å². The maximum Gasteiger partial charge on any atom is 0.0166 e. The Morgan fingerprint density at radius 3 is 2.76 bits per heavy atom. The van der Waals surface area contributed by atoms with E-state index < -0.39 is 0 Å². The zero-order valence-corrected chi connectivity index (χ0v) is 11.6. The van der Waals surface area contributed by atoms with Crippen molar-refractivity contribution in [3.05, 3.63) is 22.4 Å². The maximum atomic E-state index is 6.37. The Bertz CT molecular complexity index is 315. The van der Waals surface area contributed by atoms with Crippen LogP contribution in [-0.4, -0.2) is 30.6 Å². The first kappa shape index (κ1) is 13.1. The van der Waals surface area contributed by atoms with E-state index in [1.807, 2.05) is 11.3 Å². The van der Waals surface area contributed by atoms with Crippen LogP contribution in [-0.2, 0) is 6.42 Å². The van der Waals surface area contributed by atoms with Crippen molar-refractivity contribution in [1.29, 1.82) is 0 Å².